The van der Waals surface area contributed by atoms with E-state index < -0.39 is 11.8 Å². The first-order valence-corrected chi connectivity index (χ1v) is 10.9. The molecule has 4 nitrogen and oxygen atoms in total. The number of nitrogens with one attached hydrogen (secondary N) is 1. The third-order valence-electron chi connectivity index (χ3n) is 5.66. The van der Waals surface area contributed by atoms with Crippen molar-refractivity contribution < 1.29 is 9.59 Å². The van der Waals surface area contributed by atoms with E-state index in [0.29, 0.717) is 38.1 Å². The van der Waals surface area contributed by atoms with Gasteiger partial charge in [0.2, 0.25) is 0 Å². The molecule has 1 aliphatic heterocycles. The lowest BCUT2D eigenvalue weighted by molar-refractivity contribution is -0.120. The average molecular weight is 465 g/mol. The van der Waals surface area contributed by atoms with E-state index >= 15 is 0 Å². The van der Waals surface area contributed by atoms with Crippen molar-refractivity contribution in [2.45, 2.75) is 27.7 Å². The van der Waals surface area contributed by atoms with Crippen molar-refractivity contribution in [3.8, 4) is 0 Å². The van der Waals surface area contributed by atoms with Gasteiger partial charge in [-0.15, -0.1) is 0 Å². The smallest absolute Gasteiger partial charge is 0.282 e. The Bertz CT molecular complexity index is 1310. The van der Waals surface area contributed by atoms with Crippen LogP contribution in [0, 0.1) is 27.7 Å². The van der Waals surface area contributed by atoms with E-state index in [4.69, 9.17) is 23.2 Å². The van der Waals surface area contributed by atoms with Gasteiger partial charge in [-0.05, 0) is 74.2 Å². The summed E-state index contributed by atoms with van der Waals surface area (Å²) in [5.74, 6) is -0.833. The summed E-state index contributed by atoms with van der Waals surface area (Å²) in [5, 5.41) is 4.22. The summed E-state index contributed by atoms with van der Waals surface area (Å²) in [7, 11) is 0. The Kier molecular flexibility index (Phi) is 5.85. The Morgan fingerprint density at radius 1 is 0.781 bits per heavy atom. The van der Waals surface area contributed by atoms with E-state index in [1.807, 2.05) is 51.1 Å². The Hall–Kier alpha value is -3.08. The summed E-state index contributed by atoms with van der Waals surface area (Å²) in [5.41, 5.74) is 5.90. The molecular formula is C26H22Cl2N2O2. The fraction of sp³-hybridized carbons (Fsp3) is 0.154. The van der Waals surface area contributed by atoms with Crippen molar-refractivity contribution in [2.75, 3.05) is 10.2 Å². The lowest BCUT2D eigenvalue weighted by Gasteiger charge is -2.18. The second-order valence-corrected chi connectivity index (χ2v) is 8.80. The highest BCUT2D eigenvalue weighted by atomic mass is 35.5. The highest BCUT2D eigenvalue weighted by molar-refractivity contribution is 6.47. The summed E-state index contributed by atoms with van der Waals surface area (Å²) in [6.07, 6.45) is 0. The van der Waals surface area contributed by atoms with Gasteiger partial charge in [0.25, 0.3) is 11.8 Å². The summed E-state index contributed by atoms with van der Waals surface area (Å²) >= 11 is 12.6. The van der Waals surface area contributed by atoms with E-state index in [1.54, 1.807) is 31.2 Å². The van der Waals surface area contributed by atoms with Gasteiger partial charge in [-0.2, -0.15) is 0 Å². The van der Waals surface area contributed by atoms with Crippen LogP contribution in [0.5, 0.6) is 0 Å². The largest absolute Gasteiger partial charge is 0.350 e. The minimum atomic E-state index is -0.438. The standard InChI is InChI=1S/C26H22Cl2N2O2/c1-14-8-11-19(16(3)12-14)23-24(29-18-10-9-15(2)21(28)13-18)26(32)30(25(23)31)22-7-5-6-20(27)17(22)4/h5-13,29H,1-4H3. The third kappa shape index (κ3) is 3.81. The van der Waals surface area contributed by atoms with Crippen LogP contribution in [0.3, 0.4) is 0 Å². The first-order valence-electron chi connectivity index (χ1n) is 10.2. The maximum absolute atomic E-state index is 13.7. The zero-order valence-electron chi connectivity index (χ0n) is 18.2. The predicted octanol–water partition coefficient (Wildman–Crippen LogP) is 6.62. The van der Waals surface area contributed by atoms with Gasteiger partial charge in [-0.25, -0.2) is 4.90 Å². The molecule has 4 rings (SSSR count). The van der Waals surface area contributed by atoms with Crippen molar-refractivity contribution in [3.05, 3.63) is 98.2 Å². The highest BCUT2D eigenvalue weighted by Gasteiger charge is 2.41. The SMILES string of the molecule is Cc1ccc(C2=C(Nc3ccc(C)c(Cl)c3)C(=O)N(c3cccc(Cl)c3C)C2=O)c(C)c1. The Morgan fingerprint density at radius 3 is 2.22 bits per heavy atom. The van der Waals surface area contributed by atoms with Crippen molar-refractivity contribution >= 4 is 52.0 Å². The van der Waals surface area contributed by atoms with Crippen LogP contribution in [0.4, 0.5) is 11.4 Å². The quantitative estimate of drug-likeness (QED) is 0.441. The lowest BCUT2D eigenvalue weighted by Crippen LogP contribution is -2.33. The van der Waals surface area contributed by atoms with Gasteiger partial charge in [-0.3, -0.25) is 9.59 Å². The number of carbonyl (C=O) groups is 2. The molecule has 0 atom stereocenters. The van der Waals surface area contributed by atoms with Crippen molar-refractivity contribution in [2.24, 2.45) is 0 Å². The number of halogens is 2. The Labute approximate surface area is 197 Å². The molecule has 0 saturated carbocycles. The number of benzene rings is 3. The topological polar surface area (TPSA) is 49.4 Å². The fourth-order valence-corrected chi connectivity index (χ4v) is 4.21. The maximum atomic E-state index is 13.7. The highest BCUT2D eigenvalue weighted by Crippen LogP contribution is 2.38. The monoisotopic (exact) mass is 464 g/mol. The van der Waals surface area contributed by atoms with Gasteiger partial charge in [0.1, 0.15) is 5.70 Å². The van der Waals surface area contributed by atoms with E-state index in [9.17, 15) is 9.59 Å². The third-order valence-corrected chi connectivity index (χ3v) is 6.47. The molecule has 0 bridgehead atoms. The molecule has 0 aromatic heterocycles. The van der Waals surface area contributed by atoms with Crippen molar-refractivity contribution in [1.82, 2.24) is 0 Å². The average Bonchev–Trinajstić information content (AvgIpc) is 2.97. The summed E-state index contributed by atoms with van der Waals surface area (Å²) in [4.78, 5) is 28.5. The Morgan fingerprint density at radius 2 is 1.53 bits per heavy atom. The van der Waals surface area contributed by atoms with Crippen LogP contribution in [0.25, 0.3) is 5.57 Å². The second-order valence-electron chi connectivity index (χ2n) is 7.99. The van der Waals surface area contributed by atoms with Gasteiger partial charge in [0.15, 0.2) is 0 Å². The van der Waals surface area contributed by atoms with E-state index in [2.05, 4.69) is 5.32 Å². The molecule has 162 valence electrons. The van der Waals surface area contributed by atoms with Crippen LogP contribution in [0.2, 0.25) is 10.0 Å². The Balaban J connectivity index is 1.89. The van der Waals surface area contributed by atoms with Crippen LogP contribution in [0.1, 0.15) is 27.8 Å². The van der Waals surface area contributed by atoms with Crippen LogP contribution in [-0.4, -0.2) is 11.8 Å². The molecule has 6 heteroatoms. The van der Waals surface area contributed by atoms with Crippen LogP contribution >= 0.6 is 23.2 Å². The number of carbonyl (C=O) groups excluding carboxylic acids is 2. The first-order chi connectivity index (χ1) is 15.2. The molecule has 0 aliphatic carbocycles. The molecular weight excluding hydrogens is 443 g/mol. The first kappa shape index (κ1) is 22.1. The molecule has 3 aromatic carbocycles. The molecule has 1 heterocycles. The molecule has 0 saturated heterocycles. The van der Waals surface area contributed by atoms with Crippen LogP contribution in [-0.2, 0) is 9.59 Å². The molecule has 32 heavy (non-hydrogen) atoms. The van der Waals surface area contributed by atoms with Gasteiger partial charge >= 0.3 is 0 Å². The van der Waals surface area contributed by atoms with Gasteiger partial charge < -0.3 is 5.32 Å². The zero-order chi connectivity index (χ0) is 23.2. The molecule has 1 N–H and O–H groups in total. The maximum Gasteiger partial charge on any atom is 0.282 e. The summed E-state index contributed by atoms with van der Waals surface area (Å²) in [6.45, 7) is 7.61. The summed E-state index contributed by atoms with van der Waals surface area (Å²) in [6, 6.07) is 16.4. The van der Waals surface area contributed by atoms with Crippen molar-refractivity contribution in [3.63, 3.8) is 0 Å². The summed E-state index contributed by atoms with van der Waals surface area (Å²) < 4.78 is 0. The normalized spacial score (nSPS) is 13.9. The van der Waals surface area contributed by atoms with Gasteiger partial charge in [0, 0.05) is 15.7 Å². The van der Waals surface area contributed by atoms with Crippen molar-refractivity contribution in [1.29, 1.82) is 0 Å². The number of hydrogen-bond donors (Lipinski definition) is 1. The minimum absolute atomic E-state index is 0.209. The number of aryl methyl sites for hydroxylation is 3. The number of hydrogen-bond acceptors (Lipinski definition) is 3. The predicted molar refractivity (Wildman–Crippen MR) is 131 cm³/mol. The molecule has 3 aromatic rings. The lowest BCUT2D eigenvalue weighted by atomic mass is 9.97. The second kappa shape index (κ2) is 8.45. The molecule has 0 unspecified atom stereocenters. The number of nitrogens with zero attached hydrogens (tertiary/aromatic N) is 1. The number of imide groups is 1. The number of rotatable bonds is 4. The van der Waals surface area contributed by atoms with Crippen LogP contribution < -0.4 is 10.2 Å². The van der Waals surface area contributed by atoms with E-state index in [1.165, 1.54) is 4.90 Å². The molecule has 1 aliphatic rings. The number of anilines is 2. The van der Waals surface area contributed by atoms with Gasteiger partial charge in [-0.1, -0.05) is 59.1 Å². The van der Waals surface area contributed by atoms with Gasteiger partial charge in [0.05, 0.1) is 11.3 Å². The van der Waals surface area contributed by atoms with E-state index in [0.717, 1.165) is 16.7 Å². The van der Waals surface area contributed by atoms with E-state index in [-0.39, 0.29) is 5.70 Å². The number of amides is 2. The molecule has 0 fully saturated rings. The molecule has 0 spiro atoms. The zero-order valence-corrected chi connectivity index (χ0v) is 19.7. The molecule has 0 radical (unpaired) electrons. The van der Waals surface area contributed by atoms with Crippen LogP contribution in [0.15, 0.2) is 60.3 Å². The fourth-order valence-electron chi connectivity index (χ4n) is 3.86. The minimum Gasteiger partial charge on any atom is -0.350 e. The molecule has 2 amide bonds.